The first-order valence-corrected chi connectivity index (χ1v) is 7.77. The van der Waals surface area contributed by atoms with E-state index in [0.29, 0.717) is 0 Å². The van der Waals surface area contributed by atoms with Crippen molar-refractivity contribution in [1.82, 2.24) is 4.72 Å². The minimum Gasteiger partial charge on any atom is -0.388 e. The number of hydrogen-bond acceptors (Lipinski definition) is 9. The highest BCUT2D eigenvalue weighted by Gasteiger charge is 2.45. The molecule has 1 rings (SSSR count). The van der Waals surface area contributed by atoms with Crippen LogP contribution in [0.15, 0.2) is 0 Å². The molecule has 14 heteroatoms. The quantitative estimate of drug-likeness (QED) is 0.267. The Morgan fingerprint density at radius 1 is 1.05 bits per heavy atom. The van der Waals surface area contributed by atoms with Gasteiger partial charge in [0.05, 0.1) is 6.61 Å². The lowest BCUT2D eigenvalue weighted by molar-refractivity contribution is -0.250. The fraction of sp³-hybridized carbons (Fsp3) is 1.00. The first-order valence-electron chi connectivity index (χ1n) is 4.97. The molecule has 1 saturated heterocycles. The Hall–Kier alpha value is -0.420. The minimum absolute atomic E-state index is 0.938. The highest BCUT2D eigenvalue weighted by Crippen LogP contribution is 2.21. The molecule has 0 aromatic rings. The van der Waals surface area contributed by atoms with E-state index in [4.69, 9.17) is 9.11 Å². The summed E-state index contributed by atoms with van der Waals surface area (Å²) >= 11 is 0. The van der Waals surface area contributed by atoms with Crippen molar-refractivity contribution >= 4 is 20.7 Å². The van der Waals surface area contributed by atoms with Crippen LogP contribution in [0.1, 0.15) is 0 Å². The molecule has 0 radical (unpaired) electrons. The zero-order valence-corrected chi connectivity index (χ0v) is 11.2. The maximum Gasteiger partial charge on any atom is 0.397 e. The molecule has 20 heavy (non-hydrogen) atoms. The number of ether oxygens (including phenoxy) is 1. The lowest BCUT2D eigenvalue weighted by Gasteiger charge is -2.39. The van der Waals surface area contributed by atoms with Crippen LogP contribution in [0.2, 0.25) is 0 Å². The topological polar surface area (TPSA) is 200 Å². The SMILES string of the molecule is O=S(=O)(O)N[C@H]1[C@@H](O)[C@H](O)[C@@H](COS(=O)(=O)O)O[C@@H]1O. The molecule has 0 bridgehead atoms. The lowest BCUT2D eigenvalue weighted by atomic mass is 9.98. The third-order valence-electron chi connectivity index (χ3n) is 2.39. The molecule has 1 fully saturated rings. The lowest BCUT2D eigenvalue weighted by Crippen LogP contribution is -2.64. The van der Waals surface area contributed by atoms with Gasteiger partial charge in [0.1, 0.15) is 24.4 Å². The van der Waals surface area contributed by atoms with Gasteiger partial charge < -0.3 is 20.1 Å². The molecule has 0 unspecified atom stereocenters. The summed E-state index contributed by atoms with van der Waals surface area (Å²) in [6, 6.07) is -1.79. The molecule has 0 aromatic heterocycles. The number of aliphatic hydroxyl groups excluding tert-OH is 3. The number of aliphatic hydroxyl groups is 3. The molecule has 0 saturated carbocycles. The van der Waals surface area contributed by atoms with Crippen LogP contribution in [0, 0.1) is 0 Å². The Kier molecular flexibility index (Phi) is 5.41. The van der Waals surface area contributed by atoms with Gasteiger partial charge in [-0.2, -0.15) is 21.6 Å². The van der Waals surface area contributed by atoms with E-state index < -0.39 is 58.0 Å². The summed E-state index contributed by atoms with van der Waals surface area (Å²) in [6.45, 7) is -0.938. The first-order chi connectivity index (χ1) is 8.91. The molecule has 12 nitrogen and oxygen atoms in total. The molecule has 0 aliphatic carbocycles. The van der Waals surface area contributed by atoms with E-state index in [2.05, 4.69) is 8.92 Å². The van der Waals surface area contributed by atoms with E-state index in [1.807, 2.05) is 0 Å². The normalized spacial score (nSPS) is 36.0. The number of hydrogen-bond donors (Lipinski definition) is 6. The molecule has 1 aliphatic heterocycles. The zero-order chi connectivity index (χ0) is 15.7. The highest BCUT2D eigenvalue weighted by atomic mass is 32.3. The van der Waals surface area contributed by atoms with E-state index in [-0.39, 0.29) is 0 Å². The Morgan fingerprint density at radius 2 is 1.60 bits per heavy atom. The second kappa shape index (κ2) is 6.14. The second-order valence-electron chi connectivity index (χ2n) is 3.88. The van der Waals surface area contributed by atoms with Crippen LogP contribution in [0.5, 0.6) is 0 Å². The van der Waals surface area contributed by atoms with Crippen molar-refractivity contribution in [1.29, 1.82) is 0 Å². The standard InChI is InChI=1S/C6H13NO11S2/c8-4-2(1-17-20(14,15)16)18-6(10)3(5(4)9)7-19(11,12)13/h2-10H,1H2,(H,11,12,13)(H,14,15,16)/t2-,3+,4-,5-,6+/m1/s1. The third-order valence-corrected chi connectivity index (χ3v) is 3.39. The molecule has 6 N–H and O–H groups in total. The Bertz CT molecular complexity index is 527. The van der Waals surface area contributed by atoms with Gasteiger partial charge in [-0.3, -0.25) is 9.11 Å². The maximum atomic E-state index is 10.6. The van der Waals surface area contributed by atoms with Crippen molar-refractivity contribution in [3.8, 4) is 0 Å². The smallest absolute Gasteiger partial charge is 0.388 e. The molecule has 1 heterocycles. The Morgan fingerprint density at radius 3 is 2.05 bits per heavy atom. The Labute approximate surface area is 113 Å². The van der Waals surface area contributed by atoms with Gasteiger partial charge in [-0.1, -0.05) is 0 Å². The second-order valence-corrected chi connectivity index (χ2v) is 6.15. The van der Waals surface area contributed by atoms with Gasteiger partial charge in [-0.05, 0) is 0 Å². The molecule has 0 aromatic carbocycles. The minimum atomic E-state index is -4.83. The summed E-state index contributed by atoms with van der Waals surface area (Å²) in [5.74, 6) is 0. The summed E-state index contributed by atoms with van der Waals surface area (Å²) in [5.41, 5.74) is 0. The Balaban J connectivity index is 2.76. The van der Waals surface area contributed by atoms with Crippen LogP contribution in [-0.4, -0.2) is 78.5 Å². The van der Waals surface area contributed by atoms with Gasteiger partial charge in [0.25, 0.3) is 0 Å². The largest absolute Gasteiger partial charge is 0.397 e. The van der Waals surface area contributed by atoms with E-state index in [1.165, 1.54) is 4.72 Å². The average Bonchev–Trinajstić information content (AvgIpc) is 2.25. The maximum absolute atomic E-state index is 10.6. The van der Waals surface area contributed by atoms with Crippen molar-refractivity contribution in [2.45, 2.75) is 30.6 Å². The average molecular weight is 339 g/mol. The molecule has 0 amide bonds. The van der Waals surface area contributed by atoms with E-state index >= 15 is 0 Å². The van der Waals surface area contributed by atoms with Gasteiger partial charge >= 0.3 is 20.7 Å². The molecular formula is C6H13NO11S2. The highest BCUT2D eigenvalue weighted by molar-refractivity contribution is 7.83. The van der Waals surface area contributed by atoms with Crippen molar-refractivity contribution in [2.24, 2.45) is 0 Å². The molecule has 0 spiro atoms. The molecular weight excluding hydrogens is 326 g/mol. The van der Waals surface area contributed by atoms with Crippen LogP contribution < -0.4 is 4.72 Å². The third kappa shape index (κ3) is 5.17. The number of nitrogens with one attached hydrogen (secondary N) is 1. The molecule has 120 valence electrons. The van der Waals surface area contributed by atoms with Crippen LogP contribution in [0.4, 0.5) is 0 Å². The summed E-state index contributed by atoms with van der Waals surface area (Å²) in [7, 11) is -9.62. The van der Waals surface area contributed by atoms with Crippen molar-refractivity contribution < 1.29 is 50.2 Å². The number of rotatable bonds is 5. The van der Waals surface area contributed by atoms with Crippen LogP contribution >= 0.6 is 0 Å². The monoisotopic (exact) mass is 339 g/mol. The van der Waals surface area contributed by atoms with Crippen molar-refractivity contribution in [2.75, 3.05) is 6.61 Å². The van der Waals surface area contributed by atoms with Crippen LogP contribution in [0.3, 0.4) is 0 Å². The summed E-state index contributed by atoms with van der Waals surface area (Å²) in [4.78, 5) is 0. The zero-order valence-electron chi connectivity index (χ0n) is 9.60. The van der Waals surface area contributed by atoms with E-state index in [0.717, 1.165) is 0 Å². The van der Waals surface area contributed by atoms with Gasteiger partial charge in [0.15, 0.2) is 6.29 Å². The summed E-state index contributed by atoms with van der Waals surface area (Å²) < 4.78 is 68.7. The predicted octanol–water partition coefficient (Wildman–Crippen LogP) is -3.99. The fourth-order valence-electron chi connectivity index (χ4n) is 1.54. The summed E-state index contributed by atoms with van der Waals surface area (Å²) in [6.07, 6.45) is -7.37. The van der Waals surface area contributed by atoms with Crippen molar-refractivity contribution in [3.63, 3.8) is 0 Å². The van der Waals surface area contributed by atoms with E-state index in [9.17, 15) is 32.2 Å². The van der Waals surface area contributed by atoms with Crippen LogP contribution in [0.25, 0.3) is 0 Å². The van der Waals surface area contributed by atoms with Crippen molar-refractivity contribution in [3.05, 3.63) is 0 Å². The van der Waals surface area contributed by atoms with Crippen LogP contribution in [-0.2, 0) is 29.6 Å². The van der Waals surface area contributed by atoms with Gasteiger partial charge in [0.2, 0.25) is 0 Å². The van der Waals surface area contributed by atoms with Gasteiger partial charge in [0, 0.05) is 0 Å². The molecule has 5 atom stereocenters. The summed E-state index contributed by atoms with van der Waals surface area (Å²) in [5, 5.41) is 28.6. The molecule has 1 aliphatic rings. The van der Waals surface area contributed by atoms with E-state index in [1.54, 1.807) is 0 Å². The fourth-order valence-corrected chi connectivity index (χ4v) is 2.44. The van der Waals surface area contributed by atoms with Gasteiger partial charge in [-0.15, -0.1) is 0 Å². The van der Waals surface area contributed by atoms with Gasteiger partial charge in [-0.25, -0.2) is 4.18 Å². The first kappa shape index (κ1) is 17.6. The predicted molar refractivity (Wildman–Crippen MR) is 58.9 cm³/mol.